The van der Waals surface area contributed by atoms with Gasteiger partial charge >= 0.3 is 0 Å². The van der Waals surface area contributed by atoms with Gasteiger partial charge in [-0.3, -0.25) is 9.59 Å². The summed E-state index contributed by atoms with van der Waals surface area (Å²) in [6.45, 7) is 4.01. The van der Waals surface area contributed by atoms with Gasteiger partial charge in [0.05, 0.1) is 11.5 Å². The summed E-state index contributed by atoms with van der Waals surface area (Å²) in [4.78, 5) is 23.9. The van der Waals surface area contributed by atoms with Gasteiger partial charge in [0.25, 0.3) is 0 Å². The van der Waals surface area contributed by atoms with Crippen LogP contribution in [0.2, 0.25) is 5.02 Å². The molecule has 0 aromatic heterocycles. The number of hydrogen-bond acceptors (Lipinski definition) is 4. The first-order chi connectivity index (χ1) is 10.6. The van der Waals surface area contributed by atoms with Crippen molar-refractivity contribution >= 4 is 47.5 Å². The zero-order valence-corrected chi connectivity index (χ0v) is 15.4. The standard InChI is InChI=1S/C16H21ClN2O2S.ClH/c1-11-8-18-7-6-14(11)19-16(21)10-22-9-15(20)12-2-4-13(17)5-3-12;/h2-5,11,14,18H,6-10H2,1H3,(H,19,21);1H. The van der Waals surface area contributed by atoms with E-state index in [1.54, 1.807) is 24.3 Å². The summed E-state index contributed by atoms with van der Waals surface area (Å²) in [7, 11) is 0. The van der Waals surface area contributed by atoms with E-state index in [1.807, 2.05) is 0 Å². The van der Waals surface area contributed by atoms with Crippen LogP contribution in [0.3, 0.4) is 0 Å². The average molecular weight is 377 g/mol. The predicted octanol–water partition coefficient (Wildman–Crippen LogP) is 2.79. The van der Waals surface area contributed by atoms with E-state index in [4.69, 9.17) is 11.6 Å². The third-order valence-electron chi connectivity index (χ3n) is 3.76. The minimum absolute atomic E-state index is 0. The maximum atomic E-state index is 12.0. The molecule has 1 aromatic rings. The van der Waals surface area contributed by atoms with Crippen LogP contribution in [0.5, 0.6) is 0 Å². The number of halogens is 2. The Labute approximate surface area is 152 Å². The van der Waals surface area contributed by atoms with Gasteiger partial charge in [0.2, 0.25) is 5.91 Å². The molecular formula is C16H22Cl2N2O2S. The van der Waals surface area contributed by atoms with Crippen LogP contribution in [0.4, 0.5) is 0 Å². The van der Waals surface area contributed by atoms with Gasteiger partial charge in [-0.25, -0.2) is 0 Å². The normalized spacial score (nSPS) is 20.4. The number of ketones is 1. The summed E-state index contributed by atoms with van der Waals surface area (Å²) in [6.07, 6.45) is 0.960. The highest BCUT2D eigenvalue weighted by Gasteiger charge is 2.22. The number of rotatable bonds is 6. The van der Waals surface area contributed by atoms with E-state index in [-0.39, 0.29) is 30.1 Å². The Morgan fingerprint density at radius 2 is 2.00 bits per heavy atom. The van der Waals surface area contributed by atoms with Crippen LogP contribution >= 0.6 is 35.8 Å². The molecule has 0 aliphatic carbocycles. The van der Waals surface area contributed by atoms with Crippen molar-refractivity contribution in [2.75, 3.05) is 24.6 Å². The Balaban J connectivity index is 0.00000264. The predicted molar refractivity (Wildman–Crippen MR) is 98.9 cm³/mol. The number of thioether (sulfide) groups is 1. The lowest BCUT2D eigenvalue weighted by atomic mass is 9.95. The maximum Gasteiger partial charge on any atom is 0.230 e. The number of piperidine rings is 1. The third kappa shape index (κ3) is 6.71. The highest BCUT2D eigenvalue weighted by atomic mass is 35.5. The van der Waals surface area contributed by atoms with Crippen molar-refractivity contribution in [3.8, 4) is 0 Å². The fourth-order valence-electron chi connectivity index (χ4n) is 2.43. The molecular weight excluding hydrogens is 355 g/mol. The van der Waals surface area contributed by atoms with Gasteiger partial charge in [0.1, 0.15) is 0 Å². The minimum Gasteiger partial charge on any atom is -0.352 e. The molecule has 2 atom stereocenters. The number of Topliss-reactive ketones (excluding diaryl/α,β-unsaturated/α-hetero) is 1. The van der Waals surface area contributed by atoms with Crippen molar-refractivity contribution in [3.05, 3.63) is 34.9 Å². The molecule has 23 heavy (non-hydrogen) atoms. The summed E-state index contributed by atoms with van der Waals surface area (Å²) in [5.74, 6) is 1.09. The number of amides is 1. The second-order valence-corrected chi connectivity index (χ2v) is 6.99. The number of hydrogen-bond donors (Lipinski definition) is 2. The van der Waals surface area contributed by atoms with Crippen LogP contribution in [-0.2, 0) is 4.79 Å². The van der Waals surface area contributed by atoms with E-state index in [0.717, 1.165) is 19.5 Å². The molecule has 0 radical (unpaired) electrons. The van der Waals surface area contributed by atoms with Gasteiger partial charge in [-0.2, -0.15) is 0 Å². The first kappa shape index (κ1) is 20.3. The maximum absolute atomic E-state index is 12.0. The molecule has 1 aliphatic rings. The molecule has 1 heterocycles. The Bertz CT molecular complexity index is 525. The number of benzene rings is 1. The molecule has 0 saturated carbocycles. The summed E-state index contributed by atoms with van der Waals surface area (Å²) in [5, 5.41) is 6.98. The molecule has 128 valence electrons. The summed E-state index contributed by atoms with van der Waals surface area (Å²) in [6, 6.07) is 7.06. The smallest absolute Gasteiger partial charge is 0.230 e. The molecule has 2 unspecified atom stereocenters. The van der Waals surface area contributed by atoms with E-state index in [2.05, 4.69) is 17.6 Å². The van der Waals surface area contributed by atoms with Crippen LogP contribution in [0.1, 0.15) is 23.7 Å². The molecule has 0 spiro atoms. The highest BCUT2D eigenvalue weighted by Crippen LogP contribution is 2.13. The van der Waals surface area contributed by atoms with E-state index < -0.39 is 0 Å². The van der Waals surface area contributed by atoms with E-state index in [0.29, 0.717) is 28.0 Å². The van der Waals surface area contributed by atoms with Gasteiger partial charge < -0.3 is 10.6 Å². The molecule has 4 nitrogen and oxygen atoms in total. The highest BCUT2D eigenvalue weighted by molar-refractivity contribution is 8.00. The second-order valence-electron chi connectivity index (χ2n) is 5.57. The fourth-order valence-corrected chi connectivity index (χ4v) is 3.28. The second kappa shape index (κ2) is 10.2. The monoisotopic (exact) mass is 376 g/mol. The summed E-state index contributed by atoms with van der Waals surface area (Å²) >= 11 is 7.14. The van der Waals surface area contributed by atoms with Crippen molar-refractivity contribution in [2.45, 2.75) is 19.4 Å². The van der Waals surface area contributed by atoms with Gasteiger partial charge in [-0.15, -0.1) is 24.2 Å². The Morgan fingerprint density at radius 1 is 1.30 bits per heavy atom. The SMILES string of the molecule is CC1CNCCC1NC(=O)CSCC(=O)c1ccc(Cl)cc1.Cl. The number of nitrogens with one attached hydrogen (secondary N) is 2. The Kier molecular flexibility index (Phi) is 8.99. The van der Waals surface area contributed by atoms with Crippen molar-refractivity contribution in [1.82, 2.24) is 10.6 Å². The molecule has 1 aromatic carbocycles. The van der Waals surface area contributed by atoms with Crippen molar-refractivity contribution in [1.29, 1.82) is 0 Å². The molecule has 0 bridgehead atoms. The first-order valence-corrected chi connectivity index (χ1v) is 8.96. The number of carbonyl (C=O) groups is 2. The lowest BCUT2D eigenvalue weighted by molar-refractivity contribution is -0.119. The summed E-state index contributed by atoms with van der Waals surface area (Å²) < 4.78 is 0. The molecule has 7 heteroatoms. The molecule has 1 saturated heterocycles. The zero-order valence-electron chi connectivity index (χ0n) is 13.0. The van der Waals surface area contributed by atoms with Gasteiger partial charge in [0.15, 0.2) is 5.78 Å². The lowest BCUT2D eigenvalue weighted by Crippen LogP contribution is -2.48. The molecule has 1 fully saturated rings. The van der Waals surface area contributed by atoms with Crippen molar-refractivity contribution in [3.63, 3.8) is 0 Å². The topological polar surface area (TPSA) is 58.2 Å². The van der Waals surface area contributed by atoms with Crippen LogP contribution < -0.4 is 10.6 Å². The number of carbonyl (C=O) groups excluding carboxylic acids is 2. The minimum atomic E-state index is 0. The van der Waals surface area contributed by atoms with Crippen LogP contribution in [0.25, 0.3) is 0 Å². The third-order valence-corrected chi connectivity index (χ3v) is 4.95. The lowest BCUT2D eigenvalue weighted by Gasteiger charge is -2.30. The zero-order chi connectivity index (χ0) is 15.9. The van der Waals surface area contributed by atoms with Crippen LogP contribution in [0.15, 0.2) is 24.3 Å². The first-order valence-electron chi connectivity index (χ1n) is 7.43. The van der Waals surface area contributed by atoms with Gasteiger partial charge in [0, 0.05) is 16.6 Å². The van der Waals surface area contributed by atoms with Gasteiger partial charge in [-0.1, -0.05) is 18.5 Å². The largest absolute Gasteiger partial charge is 0.352 e. The Morgan fingerprint density at radius 3 is 2.65 bits per heavy atom. The van der Waals surface area contributed by atoms with Gasteiger partial charge in [-0.05, 0) is 49.7 Å². The molecule has 2 N–H and O–H groups in total. The van der Waals surface area contributed by atoms with Crippen molar-refractivity contribution < 1.29 is 9.59 Å². The Hall–Kier alpha value is -0.750. The average Bonchev–Trinajstić information content (AvgIpc) is 2.50. The van der Waals surface area contributed by atoms with Crippen LogP contribution in [0, 0.1) is 5.92 Å². The van der Waals surface area contributed by atoms with E-state index in [1.165, 1.54) is 11.8 Å². The van der Waals surface area contributed by atoms with E-state index >= 15 is 0 Å². The summed E-state index contributed by atoms with van der Waals surface area (Å²) in [5.41, 5.74) is 0.629. The van der Waals surface area contributed by atoms with E-state index in [9.17, 15) is 9.59 Å². The molecule has 2 rings (SSSR count). The molecule has 1 aliphatic heterocycles. The van der Waals surface area contributed by atoms with Crippen LogP contribution in [-0.4, -0.2) is 42.3 Å². The molecule has 1 amide bonds. The fraction of sp³-hybridized carbons (Fsp3) is 0.500. The van der Waals surface area contributed by atoms with Crippen molar-refractivity contribution in [2.24, 2.45) is 5.92 Å². The quantitative estimate of drug-likeness (QED) is 0.749.